The third kappa shape index (κ3) is 3.07. The van der Waals surface area contributed by atoms with E-state index in [1.807, 2.05) is 6.07 Å². The minimum Gasteiger partial charge on any atom is -0.279 e. The van der Waals surface area contributed by atoms with Crippen LogP contribution < -0.4 is 4.72 Å². The Kier molecular flexibility index (Phi) is 3.66. The lowest BCUT2D eigenvalue weighted by Gasteiger charge is -2.07. The highest BCUT2D eigenvalue weighted by atomic mass is 35.5. The first kappa shape index (κ1) is 14.1. The molecule has 0 unspecified atom stereocenters. The van der Waals surface area contributed by atoms with Crippen LogP contribution >= 0.6 is 22.9 Å². The molecule has 0 fully saturated rings. The predicted molar refractivity (Wildman–Crippen MR) is 82.0 cm³/mol. The molecule has 0 amide bonds. The zero-order chi connectivity index (χ0) is 14.9. The molecule has 3 rings (SSSR count). The molecule has 0 spiro atoms. The molecule has 0 atom stereocenters. The number of anilines is 1. The number of nitrogens with zero attached hydrogens (tertiary/aromatic N) is 2. The van der Waals surface area contributed by atoms with Crippen LogP contribution in [0.2, 0.25) is 4.47 Å². The van der Waals surface area contributed by atoms with E-state index in [9.17, 15) is 8.42 Å². The second-order valence-electron chi connectivity index (χ2n) is 4.09. The van der Waals surface area contributed by atoms with Crippen LogP contribution in [0.4, 0.5) is 5.69 Å². The molecule has 2 aromatic heterocycles. The number of hydrogen-bond donors (Lipinski definition) is 2. The molecule has 0 aliphatic rings. The van der Waals surface area contributed by atoms with Gasteiger partial charge in [-0.25, -0.2) is 13.4 Å². The van der Waals surface area contributed by atoms with E-state index >= 15 is 0 Å². The standard InChI is InChI=1S/C12H9ClN4O2S2/c13-12-14-7-11(20-12)21(18,19)17-9-3-1-2-8(6-9)10-4-5-15-16-10/h1-7,17H,(H,15,16). The molecule has 6 nitrogen and oxygen atoms in total. The number of thiazole rings is 1. The largest absolute Gasteiger partial charge is 0.279 e. The number of rotatable bonds is 4. The summed E-state index contributed by atoms with van der Waals surface area (Å²) in [4.78, 5) is 3.73. The van der Waals surface area contributed by atoms with Gasteiger partial charge in [0.15, 0.2) is 8.68 Å². The molecule has 0 radical (unpaired) electrons. The van der Waals surface area contributed by atoms with Gasteiger partial charge in [-0.15, -0.1) is 0 Å². The van der Waals surface area contributed by atoms with E-state index in [0.717, 1.165) is 22.6 Å². The molecule has 108 valence electrons. The highest BCUT2D eigenvalue weighted by Crippen LogP contribution is 2.26. The zero-order valence-electron chi connectivity index (χ0n) is 10.4. The Bertz CT molecular complexity index is 859. The van der Waals surface area contributed by atoms with Crippen LogP contribution in [0.5, 0.6) is 0 Å². The molecular weight excluding hydrogens is 332 g/mol. The van der Waals surface area contributed by atoms with Gasteiger partial charge in [0.2, 0.25) is 0 Å². The Labute approximate surface area is 129 Å². The van der Waals surface area contributed by atoms with Gasteiger partial charge in [-0.1, -0.05) is 35.1 Å². The maximum Gasteiger partial charge on any atom is 0.273 e. The zero-order valence-corrected chi connectivity index (χ0v) is 12.8. The number of hydrogen-bond acceptors (Lipinski definition) is 5. The SMILES string of the molecule is O=S(=O)(Nc1cccc(-c2ccn[nH]2)c1)c1cnc(Cl)s1. The van der Waals surface area contributed by atoms with Crippen molar-refractivity contribution >= 4 is 38.6 Å². The summed E-state index contributed by atoms with van der Waals surface area (Å²) in [5.41, 5.74) is 2.08. The van der Waals surface area contributed by atoms with Gasteiger partial charge in [-0.05, 0) is 18.2 Å². The van der Waals surface area contributed by atoms with E-state index in [-0.39, 0.29) is 8.68 Å². The van der Waals surface area contributed by atoms with Gasteiger partial charge in [0, 0.05) is 17.4 Å². The molecule has 0 aliphatic carbocycles. The highest BCUT2D eigenvalue weighted by molar-refractivity contribution is 7.94. The van der Waals surface area contributed by atoms with Crippen molar-refractivity contribution in [2.45, 2.75) is 4.21 Å². The fraction of sp³-hybridized carbons (Fsp3) is 0. The molecule has 21 heavy (non-hydrogen) atoms. The van der Waals surface area contributed by atoms with Crippen LogP contribution in [0.3, 0.4) is 0 Å². The number of aromatic nitrogens is 3. The molecule has 0 aliphatic heterocycles. The van der Waals surface area contributed by atoms with Gasteiger partial charge in [-0.2, -0.15) is 5.10 Å². The molecule has 2 N–H and O–H groups in total. The molecule has 0 saturated carbocycles. The fourth-order valence-electron chi connectivity index (χ4n) is 1.74. The van der Waals surface area contributed by atoms with Gasteiger partial charge >= 0.3 is 0 Å². The van der Waals surface area contributed by atoms with Crippen LogP contribution in [0.1, 0.15) is 0 Å². The van der Waals surface area contributed by atoms with E-state index in [0.29, 0.717) is 5.69 Å². The second-order valence-corrected chi connectivity index (χ2v) is 7.61. The van der Waals surface area contributed by atoms with Crippen LogP contribution in [-0.2, 0) is 10.0 Å². The van der Waals surface area contributed by atoms with Crippen molar-refractivity contribution in [3.63, 3.8) is 0 Å². The van der Waals surface area contributed by atoms with Crippen LogP contribution in [-0.4, -0.2) is 23.6 Å². The maximum absolute atomic E-state index is 12.2. The number of halogens is 1. The Morgan fingerprint density at radius 2 is 2.14 bits per heavy atom. The van der Waals surface area contributed by atoms with Crippen molar-refractivity contribution in [1.82, 2.24) is 15.2 Å². The number of aromatic amines is 1. The number of sulfonamides is 1. The van der Waals surface area contributed by atoms with Crippen molar-refractivity contribution < 1.29 is 8.42 Å². The van der Waals surface area contributed by atoms with Gasteiger partial charge in [0.05, 0.1) is 11.9 Å². The molecule has 3 aromatic rings. The Morgan fingerprint density at radius 3 is 2.81 bits per heavy atom. The quantitative estimate of drug-likeness (QED) is 0.764. The van der Waals surface area contributed by atoms with Crippen molar-refractivity contribution in [3.8, 4) is 11.3 Å². The Hall–Kier alpha value is -1.90. The monoisotopic (exact) mass is 340 g/mol. The van der Waals surface area contributed by atoms with Crippen LogP contribution in [0.25, 0.3) is 11.3 Å². The lowest BCUT2D eigenvalue weighted by atomic mass is 10.1. The van der Waals surface area contributed by atoms with E-state index < -0.39 is 10.0 Å². The van der Waals surface area contributed by atoms with Crippen molar-refractivity contribution in [1.29, 1.82) is 0 Å². The summed E-state index contributed by atoms with van der Waals surface area (Å²) in [5, 5.41) is 6.69. The number of nitrogens with one attached hydrogen (secondary N) is 2. The van der Waals surface area contributed by atoms with Gasteiger partial charge < -0.3 is 0 Å². The first-order valence-electron chi connectivity index (χ1n) is 5.78. The summed E-state index contributed by atoms with van der Waals surface area (Å²) in [6.07, 6.45) is 2.86. The van der Waals surface area contributed by atoms with Crippen molar-refractivity contribution in [3.05, 3.63) is 47.2 Å². The van der Waals surface area contributed by atoms with E-state index in [1.54, 1.807) is 30.5 Å². The Morgan fingerprint density at radius 1 is 1.29 bits per heavy atom. The first-order chi connectivity index (χ1) is 10.0. The van der Waals surface area contributed by atoms with Crippen molar-refractivity contribution in [2.75, 3.05) is 4.72 Å². The van der Waals surface area contributed by atoms with Crippen molar-refractivity contribution in [2.24, 2.45) is 0 Å². The van der Waals surface area contributed by atoms with Crippen LogP contribution in [0, 0.1) is 0 Å². The lowest BCUT2D eigenvalue weighted by molar-refractivity contribution is 0.603. The Balaban J connectivity index is 1.90. The molecular formula is C12H9ClN4O2S2. The fourth-order valence-corrected chi connectivity index (χ4v) is 4.08. The minimum atomic E-state index is -3.68. The topological polar surface area (TPSA) is 87.7 Å². The average Bonchev–Trinajstić information content (AvgIpc) is 3.09. The van der Waals surface area contributed by atoms with E-state index in [2.05, 4.69) is 19.9 Å². The summed E-state index contributed by atoms with van der Waals surface area (Å²) in [6, 6.07) is 8.80. The van der Waals surface area contributed by atoms with E-state index in [1.165, 1.54) is 6.20 Å². The predicted octanol–water partition coefficient (Wildman–Crippen LogP) is 2.99. The smallest absolute Gasteiger partial charge is 0.273 e. The summed E-state index contributed by atoms with van der Waals surface area (Å²) < 4.78 is 27.1. The van der Waals surface area contributed by atoms with E-state index in [4.69, 9.17) is 11.6 Å². The highest BCUT2D eigenvalue weighted by Gasteiger charge is 2.17. The first-order valence-corrected chi connectivity index (χ1v) is 8.46. The molecule has 0 bridgehead atoms. The second kappa shape index (κ2) is 5.47. The normalized spacial score (nSPS) is 11.5. The maximum atomic E-state index is 12.2. The van der Waals surface area contributed by atoms with Gasteiger partial charge in [0.25, 0.3) is 10.0 Å². The lowest BCUT2D eigenvalue weighted by Crippen LogP contribution is -2.11. The van der Waals surface area contributed by atoms with Gasteiger partial charge in [0.1, 0.15) is 0 Å². The van der Waals surface area contributed by atoms with Gasteiger partial charge in [-0.3, -0.25) is 9.82 Å². The summed E-state index contributed by atoms with van der Waals surface area (Å²) in [7, 11) is -3.68. The summed E-state index contributed by atoms with van der Waals surface area (Å²) >= 11 is 6.57. The molecule has 1 aromatic carbocycles. The third-order valence-corrected chi connectivity index (χ3v) is 5.60. The molecule has 9 heteroatoms. The van der Waals surface area contributed by atoms with Crippen LogP contribution in [0.15, 0.2) is 46.9 Å². The summed E-state index contributed by atoms with van der Waals surface area (Å²) in [6.45, 7) is 0. The summed E-state index contributed by atoms with van der Waals surface area (Å²) in [5.74, 6) is 0. The molecule has 0 saturated heterocycles. The average molecular weight is 341 g/mol. The minimum absolute atomic E-state index is 0.0689. The number of H-pyrrole nitrogens is 1. The molecule has 2 heterocycles. The third-order valence-electron chi connectivity index (χ3n) is 2.65. The number of benzene rings is 1.